The predicted molar refractivity (Wildman–Crippen MR) is 105 cm³/mol. The molecule has 1 atom stereocenters. The number of Topliss-reactive ketones (excluding diaryl/α,β-unsaturated/α-hetero) is 2. The Morgan fingerprint density at radius 2 is 1.22 bits per heavy atom. The molecule has 0 heterocycles. The summed E-state index contributed by atoms with van der Waals surface area (Å²) in [5.41, 5.74) is 2.24. The molecule has 0 radical (unpaired) electrons. The van der Waals surface area contributed by atoms with Crippen molar-refractivity contribution in [2.75, 3.05) is 5.32 Å². The topological polar surface area (TPSA) is 66.4 Å². The number of carbonyl (C=O) groups is 2. The van der Waals surface area contributed by atoms with Crippen LogP contribution in [0.4, 0.5) is 5.69 Å². The van der Waals surface area contributed by atoms with Crippen LogP contribution < -0.4 is 5.32 Å². The largest absolute Gasteiger partial charge is 0.507 e. The summed E-state index contributed by atoms with van der Waals surface area (Å²) in [5.74, 6) is -1.45. The number of nitrogens with one attached hydrogen (secondary N) is 1. The number of para-hydroxylation sites is 1. The summed E-state index contributed by atoms with van der Waals surface area (Å²) in [6.45, 7) is 0. The monoisotopic (exact) mass is 355 g/mol. The first-order valence-corrected chi connectivity index (χ1v) is 8.65. The van der Waals surface area contributed by atoms with E-state index in [0.29, 0.717) is 5.56 Å². The van der Waals surface area contributed by atoms with Crippen molar-refractivity contribution in [1.29, 1.82) is 0 Å². The third-order valence-corrected chi connectivity index (χ3v) is 4.64. The fourth-order valence-corrected chi connectivity index (χ4v) is 3.32. The molecule has 2 N–H and O–H groups in total. The fraction of sp³-hybridized carbons (Fsp3) is 0.0435. The van der Waals surface area contributed by atoms with Gasteiger partial charge >= 0.3 is 0 Å². The van der Waals surface area contributed by atoms with Crippen molar-refractivity contribution >= 4 is 23.0 Å². The molecule has 0 aromatic heterocycles. The third-order valence-electron chi connectivity index (χ3n) is 4.64. The van der Waals surface area contributed by atoms with Gasteiger partial charge in [-0.15, -0.1) is 0 Å². The lowest BCUT2D eigenvalue weighted by Crippen LogP contribution is -2.30. The van der Waals surface area contributed by atoms with Crippen LogP contribution in [0.15, 0.2) is 90.5 Å². The highest BCUT2D eigenvalue weighted by atomic mass is 16.3. The summed E-state index contributed by atoms with van der Waals surface area (Å²) in [4.78, 5) is 25.5. The van der Waals surface area contributed by atoms with Gasteiger partial charge in [-0.2, -0.15) is 0 Å². The standard InChI is InChI=1S/C23H17NO3/c25-21-17-13-7-8-14-18(17)22(26)23(27)19(21)20(15-9-3-1-4-10-15)24-16-11-5-2-6-12-16/h1-14,20,24-25H. The van der Waals surface area contributed by atoms with Gasteiger partial charge in [0.15, 0.2) is 0 Å². The van der Waals surface area contributed by atoms with Crippen LogP contribution in [-0.2, 0) is 4.79 Å². The van der Waals surface area contributed by atoms with Crippen molar-refractivity contribution in [3.63, 3.8) is 0 Å². The van der Waals surface area contributed by atoms with E-state index in [1.54, 1.807) is 24.3 Å². The molecule has 132 valence electrons. The van der Waals surface area contributed by atoms with E-state index in [2.05, 4.69) is 5.32 Å². The molecule has 0 saturated carbocycles. The molecule has 4 nitrogen and oxygen atoms in total. The van der Waals surface area contributed by atoms with E-state index in [0.717, 1.165) is 11.3 Å². The normalized spacial score (nSPS) is 14.7. The van der Waals surface area contributed by atoms with Crippen molar-refractivity contribution in [2.24, 2.45) is 0 Å². The molecular formula is C23H17NO3. The zero-order valence-electron chi connectivity index (χ0n) is 14.4. The third kappa shape index (κ3) is 3.02. The molecule has 1 unspecified atom stereocenters. The van der Waals surface area contributed by atoms with Crippen LogP contribution in [0, 0.1) is 0 Å². The number of hydrogen-bond acceptors (Lipinski definition) is 4. The van der Waals surface area contributed by atoms with Gasteiger partial charge < -0.3 is 10.4 Å². The van der Waals surface area contributed by atoms with E-state index in [-0.39, 0.29) is 16.9 Å². The van der Waals surface area contributed by atoms with Crippen molar-refractivity contribution in [2.45, 2.75) is 6.04 Å². The molecule has 0 saturated heterocycles. The Hall–Kier alpha value is -3.66. The summed E-state index contributed by atoms with van der Waals surface area (Å²) in [7, 11) is 0. The van der Waals surface area contributed by atoms with Crippen LogP contribution in [-0.4, -0.2) is 16.7 Å². The highest BCUT2D eigenvalue weighted by Gasteiger charge is 2.37. The number of anilines is 1. The van der Waals surface area contributed by atoms with Crippen LogP contribution in [0.2, 0.25) is 0 Å². The number of fused-ring (bicyclic) bond motifs is 1. The Morgan fingerprint density at radius 1 is 0.667 bits per heavy atom. The van der Waals surface area contributed by atoms with Crippen LogP contribution in [0.3, 0.4) is 0 Å². The first-order valence-electron chi connectivity index (χ1n) is 8.65. The van der Waals surface area contributed by atoms with Crippen LogP contribution >= 0.6 is 0 Å². The lowest BCUT2D eigenvalue weighted by atomic mass is 9.83. The first kappa shape index (κ1) is 16.8. The van der Waals surface area contributed by atoms with Gasteiger partial charge in [-0.3, -0.25) is 9.59 Å². The summed E-state index contributed by atoms with van der Waals surface area (Å²) < 4.78 is 0. The molecular weight excluding hydrogens is 338 g/mol. The van der Waals surface area contributed by atoms with E-state index in [1.807, 2.05) is 60.7 Å². The molecule has 3 aromatic rings. The highest BCUT2D eigenvalue weighted by molar-refractivity contribution is 6.52. The molecule has 3 aromatic carbocycles. The second kappa shape index (κ2) is 6.92. The smallest absolute Gasteiger partial charge is 0.235 e. The lowest BCUT2D eigenvalue weighted by Gasteiger charge is -2.26. The highest BCUT2D eigenvalue weighted by Crippen LogP contribution is 2.36. The van der Waals surface area contributed by atoms with Gasteiger partial charge in [0.1, 0.15) is 5.76 Å². The molecule has 1 aliphatic rings. The predicted octanol–water partition coefficient (Wildman–Crippen LogP) is 4.57. The number of aliphatic hydroxyl groups excluding tert-OH is 1. The summed E-state index contributed by atoms with van der Waals surface area (Å²) >= 11 is 0. The quantitative estimate of drug-likeness (QED) is 0.673. The minimum Gasteiger partial charge on any atom is -0.507 e. The van der Waals surface area contributed by atoms with Gasteiger partial charge in [0.05, 0.1) is 11.6 Å². The maximum absolute atomic E-state index is 12.9. The summed E-state index contributed by atoms with van der Waals surface area (Å²) in [6.07, 6.45) is 0. The fourth-order valence-electron chi connectivity index (χ4n) is 3.32. The summed E-state index contributed by atoms with van der Waals surface area (Å²) in [5, 5.41) is 14.2. The molecule has 0 spiro atoms. The number of hydrogen-bond donors (Lipinski definition) is 2. The Morgan fingerprint density at radius 3 is 1.89 bits per heavy atom. The van der Waals surface area contributed by atoms with Gasteiger partial charge in [0, 0.05) is 16.8 Å². The zero-order chi connectivity index (χ0) is 18.8. The SMILES string of the molecule is O=C1C(=O)c2ccccc2C(O)=C1C(Nc1ccccc1)c1ccccc1. The number of ketones is 2. The van der Waals surface area contributed by atoms with Crippen molar-refractivity contribution in [1.82, 2.24) is 0 Å². The minimum atomic E-state index is -0.691. The lowest BCUT2D eigenvalue weighted by molar-refractivity contribution is -0.112. The van der Waals surface area contributed by atoms with E-state index in [4.69, 9.17) is 0 Å². The van der Waals surface area contributed by atoms with Gasteiger partial charge in [0.2, 0.25) is 11.6 Å². The number of carbonyl (C=O) groups excluding carboxylic acids is 2. The molecule has 4 heteroatoms. The minimum absolute atomic E-state index is 0.0637. The summed E-state index contributed by atoms with van der Waals surface area (Å²) in [6, 6.07) is 24.7. The average Bonchev–Trinajstić information content (AvgIpc) is 2.73. The second-order valence-electron chi connectivity index (χ2n) is 6.32. The van der Waals surface area contributed by atoms with Crippen LogP contribution in [0.5, 0.6) is 0 Å². The van der Waals surface area contributed by atoms with Crippen LogP contribution in [0.25, 0.3) is 5.76 Å². The number of aliphatic hydroxyl groups is 1. The Balaban J connectivity index is 1.89. The average molecular weight is 355 g/mol. The molecule has 0 amide bonds. The molecule has 1 aliphatic carbocycles. The van der Waals surface area contributed by atoms with E-state index >= 15 is 0 Å². The molecule has 0 fully saturated rings. The molecule has 4 rings (SSSR count). The first-order chi connectivity index (χ1) is 13.2. The van der Waals surface area contributed by atoms with Crippen molar-refractivity contribution < 1.29 is 14.7 Å². The van der Waals surface area contributed by atoms with Gasteiger partial charge in [-0.05, 0) is 17.7 Å². The van der Waals surface area contributed by atoms with Gasteiger partial charge in [0.25, 0.3) is 0 Å². The molecule has 0 bridgehead atoms. The second-order valence-corrected chi connectivity index (χ2v) is 6.32. The Kier molecular flexibility index (Phi) is 4.30. The van der Waals surface area contributed by atoms with E-state index in [9.17, 15) is 14.7 Å². The van der Waals surface area contributed by atoms with Crippen molar-refractivity contribution in [3.05, 3.63) is 107 Å². The number of rotatable bonds is 4. The van der Waals surface area contributed by atoms with Gasteiger partial charge in [-0.25, -0.2) is 0 Å². The molecule has 0 aliphatic heterocycles. The maximum Gasteiger partial charge on any atom is 0.235 e. The van der Waals surface area contributed by atoms with Gasteiger partial charge in [-0.1, -0.05) is 72.8 Å². The number of benzene rings is 3. The zero-order valence-corrected chi connectivity index (χ0v) is 14.4. The van der Waals surface area contributed by atoms with Crippen molar-refractivity contribution in [3.8, 4) is 0 Å². The van der Waals surface area contributed by atoms with E-state index in [1.165, 1.54) is 0 Å². The Bertz CT molecular complexity index is 1040. The Labute approximate surface area is 156 Å². The van der Waals surface area contributed by atoms with E-state index < -0.39 is 17.6 Å². The van der Waals surface area contributed by atoms with Crippen LogP contribution in [0.1, 0.15) is 27.5 Å². The maximum atomic E-state index is 12.9. The molecule has 27 heavy (non-hydrogen) atoms.